The summed E-state index contributed by atoms with van der Waals surface area (Å²) in [4.78, 5) is 24.5. The maximum absolute atomic E-state index is 12.4. The minimum Gasteiger partial charge on any atom is -0.423 e. The van der Waals surface area contributed by atoms with Crippen LogP contribution in [0.15, 0.2) is 78.4 Å². The zero-order valence-corrected chi connectivity index (χ0v) is 16.9. The lowest BCUT2D eigenvalue weighted by Crippen LogP contribution is -2.13. The second-order valence-electron chi connectivity index (χ2n) is 6.07. The first-order chi connectivity index (χ1) is 14.5. The molecule has 0 aliphatic heterocycles. The van der Waals surface area contributed by atoms with Crippen LogP contribution in [-0.2, 0) is 4.79 Å². The van der Waals surface area contributed by atoms with Crippen LogP contribution in [0.25, 0.3) is 6.08 Å². The predicted molar refractivity (Wildman–Crippen MR) is 117 cm³/mol. The van der Waals surface area contributed by atoms with Crippen LogP contribution in [0, 0.1) is 11.3 Å². The van der Waals surface area contributed by atoms with Gasteiger partial charge in [-0.1, -0.05) is 53.5 Å². The lowest BCUT2D eigenvalue weighted by atomic mass is 10.1. The Labute approximate surface area is 183 Å². The summed E-state index contributed by atoms with van der Waals surface area (Å²) in [6.07, 6.45) is 1.41. The van der Waals surface area contributed by atoms with Gasteiger partial charge < -0.3 is 10.1 Å². The number of ether oxygens (including phenoxy) is 1. The van der Waals surface area contributed by atoms with Crippen LogP contribution >= 0.6 is 23.2 Å². The van der Waals surface area contributed by atoms with Gasteiger partial charge in [-0.25, -0.2) is 4.79 Å². The van der Waals surface area contributed by atoms with E-state index in [4.69, 9.17) is 27.9 Å². The molecule has 0 radical (unpaired) electrons. The van der Waals surface area contributed by atoms with E-state index in [1.54, 1.807) is 66.7 Å². The SMILES string of the molecule is N#CC(=Cc1ccc(OC(=O)c2ccccc2)cc1)C(=O)Nc1cc(Cl)ccc1Cl. The van der Waals surface area contributed by atoms with Gasteiger partial charge in [-0.15, -0.1) is 0 Å². The minimum absolute atomic E-state index is 0.125. The topological polar surface area (TPSA) is 79.2 Å². The van der Waals surface area contributed by atoms with E-state index in [1.165, 1.54) is 12.1 Å². The Kier molecular flexibility index (Phi) is 6.87. The Balaban J connectivity index is 1.71. The predicted octanol–water partition coefficient (Wildman–Crippen LogP) is 5.76. The number of amides is 1. The molecule has 0 saturated carbocycles. The smallest absolute Gasteiger partial charge is 0.343 e. The minimum atomic E-state index is -0.624. The molecular formula is C23H14Cl2N2O3. The van der Waals surface area contributed by atoms with Crippen molar-refractivity contribution in [3.05, 3.63) is 99.5 Å². The Morgan fingerprint density at radius 1 is 0.967 bits per heavy atom. The molecule has 0 aliphatic carbocycles. The largest absolute Gasteiger partial charge is 0.423 e. The monoisotopic (exact) mass is 436 g/mol. The summed E-state index contributed by atoms with van der Waals surface area (Å²) in [6, 6.07) is 21.5. The second-order valence-corrected chi connectivity index (χ2v) is 6.92. The average Bonchev–Trinajstić information content (AvgIpc) is 2.76. The number of nitrogens with one attached hydrogen (secondary N) is 1. The van der Waals surface area contributed by atoms with E-state index in [9.17, 15) is 14.9 Å². The molecule has 1 N–H and O–H groups in total. The Morgan fingerprint density at radius 3 is 2.33 bits per heavy atom. The Bertz CT molecular complexity index is 1150. The molecule has 3 aromatic rings. The Morgan fingerprint density at radius 2 is 1.67 bits per heavy atom. The molecule has 0 aliphatic rings. The van der Waals surface area contributed by atoms with E-state index in [-0.39, 0.29) is 5.57 Å². The molecule has 30 heavy (non-hydrogen) atoms. The summed E-state index contributed by atoms with van der Waals surface area (Å²) < 4.78 is 5.31. The van der Waals surface area contributed by atoms with E-state index in [2.05, 4.69) is 5.32 Å². The number of esters is 1. The number of carbonyl (C=O) groups is 2. The number of anilines is 1. The summed E-state index contributed by atoms with van der Waals surface area (Å²) in [5.74, 6) is -0.759. The number of hydrogen-bond donors (Lipinski definition) is 1. The lowest BCUT2D eigenvalue weighted by molar-refractivity contribution is -0.112. The molecule has 3 aromatic carbocycles. The third-order valence-corrected chi connectivity index (χ3v) is 4.52. The number of carbonyl (C=O) groups excluding carboxylic acids is 2. The van der Waals surface area contributed by atoms with Crippen molar-refractivity contribution in [3.8, 4) is 11.8 Å². The number of halogens is 2. The molecule has 3 rings (SSSR count). The number of nitrogens with zero attached hydrogens (tertiary/aromatic N) is 1. The van der Waals surface area contributed by atoms with Gasteiger partial charge in [-0.2, -0.15) is 5.26 Å². The number of rotatable bonds is 5. The highest BCUT2D eigenvalue weighted by Gasteiger charge is 2.12. The zero-order valence-electron chi connectivity index (χ0n) is 15.4. The normalized spacial score (nSPS) is 10.8. The van der Waals surface area contributed by atoms with Gasteiger partial charge in [-0.3, -0.25) is 4.79 Å². The van der Waals surface area contributed by atoms with Crippen molar-refractivity contribution in [3.63, 3.8) is 0 Å². The van der Waals surface area contributed by atoms with Gasteiger partial charge in [0.15, 0.2) is 0 Å². The van der Waals surface area contributed by atoms with E-state index in [0.717, 1.165) is 0 Å². The van der Waals surface area contributed by atoms with Gasteiger partial charge in [0.25, 0.3) is 5.91 Å². The van der Waals surface area contributed by atoms with Gasteiger partial charge in [0.2, 0.25) is 0 Å². The fourth-order valence-corrected chi connectivity index (χ4v) is 2.81. The van der Waals surface area contributed by atoms with Crippen molar-refractivity contribution in [1.29, 1.82) is 5.26 Å². The van der Waals surface area contributed by atoms with Crippen LogP contribution in [-0.4, -0.2) is 11.9 Å². The van der Waals surface area contributed by atoms with E-state index < -0.39 is 11.9 Å². The number of benzene rings is 3. The van der Waals surface area contributed by atoms with Gasteiger partial charge in [-0.05, 0) is 54.1 Å². The summed E-state index contributed by atoms with van der Waals surface area (Å²) in [7, 11) is 0. The average molecular weight is 437 g/mol. The molecule has 0 spiro atoms. The van der Waals surface area contributed by atoms with Crippen LogP contribution in [0.1, 0.15) is 15.9 Å². The fourth-order valence-electron chi connectivity index (χ4n) is 2.47. The van der Waals surface area contributed by atoms with Gasteiger partial charge >= 0.3 is 5.97 Å². The highest BCUT2D eigenvalue weighted by atomic mass is 35.5. The highest BCUT2D eigenvalue weighted by molar-refractivity contribution is 6.36. The molecular weight excluding hydrogens is 423 g/mol. The zero-order chi connectivity index (χ0) is 21.5. The van der Waals surface area contributed by atoms with Crippen LogP contribution in [0.4, 0.5) is 5.69 Å². The lowest BCUT2D eigenvalue weighted by Gasteiger charge is -2.07. The number of nitriles is 1. The summed E-state index contributed by atoms with van der Waals surface area (Å²) >= 11 is 11.9. The molecule has 0 fully saturated rings. The van der Waals surface area contributed by atoms with Crippen LogP contribution < -0.4 is 10.1 Å². The molecule has 1 amide bonds. The van der Waals surface area contributed by atoms with Crippen LogP contribution in [0.3, 0.4) is 0 Å². The fraction of sp³-hybridized carbons (Fsp3) is 0. The molecule has 0 aromatic heterocycles. The van der Waals surface area contributed by atoms with Gasteiger partial charge in [0, 0.05) is 5.02 Å². The van der Waals surface area contributed by atoms with Gasteiger partial charge in [0.1, 0.15) is 17.4 Å². The molecule has 0 unspecified atom stereocenters. The molecule has 0 saturated heterocycles. The van der Waals surface area contributed by atoms with Crippen molar-refractivity contribution in [2.45, 2.75) is 0 Å². The molecule has 148 valence electrons. The van der Waals surface area contributed by atoms with E-state index in [1.807, 2.05) is 6.07 Å². The molecule has 0 bridgehead atoms. The van der Waals surface area contributed by atoms with E-state index in [0.29, 0.717) is 32.6 Å². The van der Waals surface area contributed by atoms with Crippen molar-refractivity contribution in [1.82, 2.24) is 0 Å². The molecule has 7 heteroatoms. The quantitative estimate of drug-likeness (QED) is 0.238. The summed E-state index contributed by atoms with van der Waals surface area (Å²) in [5, 5.41) is 12.6. The highest BCUT2D eigenvalue weighted by Crippen LogP contribution is 2.26. The molecule has 0 atom stereocenters. The first-order valence-corrected chi connectivity index (χ1v) is 9.47. The number of hydrogen-bond acceptors (Lipinski definition) is 4. The van der Waals surface area contributed by atoms with Crippen molar-refractivity contribution in [2.75, 3.05) is 5.32 Å². The maximum Gasteiger partial charge on any atom is 0.343 e. The second kappa shape index (κ2) is 9.75. The maximum atomic E-state index is 12.4. The first kappa shape index (κ1) is 21.1. The third-order valence-electron chi connectivity index (χ3n) is 3.95. The molecule has 5 nitrogen and oxygen atoms in total. The first-order valence-electron chi connectivity index (χ1n) is 8.72. The van der Waals surface area contributed by atoms with Crippen molar-refractivity contribution < 1.29 is 14.3 Å². The van der Waals surface area contributed by atoms with Crippen molar-refractivity contribution in [2.24, 2.45) is 0 Å². The van der Waals surface area contributed by atoms with E-state index >= 15 is 0 Å². The van der Waals surface area contributed by atoms with Gasteiger partial charge in [0.05, 0.1) is 16.3 Å². The van der Waals surface area contributed by atoms with Crippen molar-refractivity contribution >= 4 is 46.8 Å². The summed E-state index contributed by atoms with van der Waals surface area (Å²) in [5.41, 5.74) is 1.20. The summed E-state index contributed by atoms with van der Waals surface area (Å²) in [6.45, 7) is 0. The third kappa shape index (κ3) is 5.48. The van der Waals surface area contributed by atoms with Crippen LogP contribution in [0.2, 0.25) is 10.0 Å². The Hall–Kier alpha value is -3.59. The molecule has 0 heterocycles. The van der Waals surface area contributed by atoms with Crippen LogP contribution in [0.5, 0.6) is 5.75 Å². The standard InChI is InChI=1S/C23H14Cl2N2O3/c24-18-8-11-20(25)21(13-18)27-22(28)17(14-26)12-15-6-9-19(10-7-15)30-23(29)16-4-2-1-3-5-16/h1-13H,(H,27,28).